The van der Waals surface area contributed by atoms with Crippen LogP contribution in [0.1, 0.15) is 0 Å². The first kappa shape index (κ1) is 22.8. The van der Waals surface area contributed by atoms with Crippen LogP contribution >= 0.6 is 11.3 Å². The standard InChI is InChI=1S/C24H16F2N4O3S2/c1-33-23-10-14(15-8-16(25)11-17(26)9-15)2-4-21(23)19-6-7-27-22-12-18(3-5-20(19)22)35(31,32)30-24-29-28-13-34-24/h2-13H,1H3,(H,29,30). The SMILES string of the molecule is COc1cc(-c2cc(F)cc(F)c2)ccc1-c1ccnc2cc(S(=O)(=O)Nc3nncs3)ccc12. The molecule has 0 bridgehead atoms. The number of nitrogens with one attached hydrogen (secondary N) is 1. The highest BCUT2D eigenvalue weighted by molar-refractivity contribution is 7.93. The molecular weight excluding hydrogens is 494 g/mol. The summed E-state index contributed by atoms with van der Waals surface area (Å²) in [6.45, 7) is 0. The number of anilines is 1. The van der Waals surface area contributed by atoms with Crippen molar-refractivity contribution in [2.24, 2.45) is 0 Å². The van der Waals surface area contributed by atoms with Gasteiger partial charge in [0.15, 0.2) is 0 Å². The molecule has 0 unspecified atom stereocenters. The van der Waals surface area contributed by atoms with Gasteiger partial charge in [-0.05, 0) is 53.1 Å². The van der Waals surface area contributed by atoms with E-state index in [-0.39, 0.29) is 10.0 Å². The average molecular weight is 511 g/mol. The Morgan fingerprint density at radius 3 is 2.43 bits per heavy atom. The minimum atomic E-state index is -3.88. The number of benzene rings is 3. The largest absolute Gasteiger partial charge is 0.496 e. The summed E-state index contributed by atoms with van der Waals surface area (Å²) in [6.07, 6.45) is 1.57. The average Bonchev–Trinajstić information content (AvgIpc) is 3.34. The monoisotopic (exact) mass is 510 g/mol. The van der Waals surface area contributed by atoms with E-state index in [9.17, 15) is 17.2 Å². The highest BCUT2D eigenvalue weighted by Gasteiger charge is 2.18. The molecule has 7 nitrogen and oxygen atoms in total. The Labute approximate surface area is 203 Å². The highest BCUT2D eigenvalue weighted by Crippen LogP contribution is 2.38. The van der Waals surface area contributed by atoms with Crippen LogP contribution in [0.2, 0.25) is 0 Å². The lowest BCUT2D eigenvalue weighted by Crippen LogP contribution is -2.12. The molecule has 1 N–H and O–H groups in total. The third-order valence-electron chi connectivity index (χ3n) is 5.29. The van der Waals surface area contributed by atoms with Crippen molar-refractivity contribution in [2.75, 3.05) is 11.8 Å². The fourth-order valence-corrected chi connectivity index (χ4v) is 5.45. The molecule has 0 saturated heterocycles. The van der Waals surface area contributed by atoms with Gasteiger partial charge in [-0.2, -0.15) is 0 Å². The maximum atomic E-state index is 13.7. The molecule has 0 aliphatic heterocycles. The Hall–Kier alpha value is -3.96. The summed E-state index contributed by atoms with van der Waals surface area (Å²) < 4.78 is 60.9. The molecule has 0 atom stereocenters. The van der Waals surface area contributed by atoms with Crippen LogP contribution in [0.25, 0.3) is 33.2 Å². The van der Waals surface area contributed by atoms with Crippen LogP contribution in [0.5, 0.6) is 5.75 Å². The van der Waals surface area contributed by atoms with Crippen LogP contribution in [-0.4, -0.2) is 30.7 Å². The van der Waals surface area contributed by atoms with E-state index in [1.807, 2.05) is 0 Å². The second-order valence-electron chi connectivity index (χ2n) is 7.46. The van der Waals surface area contributed by atoms with Crippen LogP contribution in [0, 0.1) is 11.6 Å². The van der Waals surface area contributed by atoms with E-state index in [1.54, 1.807) is 36.5 Å². The van der Waals surface area contributed by atoms with Gasteiger partial charge < -0.3 is 4.74 Å². The van der Waals surface area contributed by atoms with E-state index in [4.69, 9.17) is 4.74 Å². The van der Waals surface area contributed by atoms with Gasteiger partial charge in [-0.15, -0.1) is 10.2 Å². The molecule has 2 aromatic heterocycles. The van der Waals surface area contributed by atoms with E-state index in [0.29, 0.717) is 33.3 Å². The summed E-state index contributed by atoms with van der Waals surface area (Å²) in [5.41, 5.74) is 4.31. The zero-order valence-corrected chi connectivity index (χ0v) is 19.7. The molecule has 3 aromatic carbocycles. The van der Waals surface area contributed by atoms with Gasteiger partial charge in [0, 0.05) is 23.2 Å². The molecule has 0 fully saturated rings. The van der Waals surface area contributed by atoms with Crippen molar-refractivity contribution in [1.82, 2.24) is 15.2 Å². The molecule has 0 saturated carbocycles. The van der Waals surface area contributed by atoms with Crippen LogP contribution in [0.15, 0.2) is 77.3 Å². The van der Waals surface area contributed by atoms with Crippen molar-refractivity contribution in [3.63, 3.8) is 0 Å². The molecule has 0 radical (unpaired) electrons. The topological polar surface area (TPSA) is 94.1 Å². The van der Waals surface area contributed by atoms with E-state index in [2.05, 4.69) is 19.9 Å². The molecule has 0 amide bonds. The van der Waals surface area contributed by atoms with Crippen LogP contribution in [0.3, 0.4) is 0 Å². The lowest BCUT2D eigenvalue weighted by molar-refractivity contribution is 0.416. The molecule has 2 heterocycles. The van der Waals surface area contributed by atoms with Crippen molar-refractivity contribution in [3.05, 3.63) is 84.0 Å². The Kier molecular flexibility index (Phi) is 5.87. The first-order valence-corrected chi connectivity index (χ1v) is 12.5. The summed E-state index contributed by atoms with van der Waals surface area (Å²) >= 11 is 1.07. The fraction of sp³-hybridized carbons (Fsp3) is 0.0417. The first-order chi connectivity index (χ1) is 16.8. The molecule has 5 aromatic rings. The number of rotatable bonds is 6. The summed E-state index contributed by atoms with van der Waals surface area (Å²) in [5, 5.41) is 8.19. The number of hydrogen-bond donors (Lipinski definition) is 1. The summed E-state index contributed by atoms with van der Waals surface area (Å²) in [6, 6.07) is 14.9. The first-order valence-electron chi connectivity index (χ1n) is 10.2. The summed E-state index contributed by atoms with van der Waals surface area (Å²) in [7, 11) is -2.37. The molecule has 0 aliphatic carbocycles. The number of halogens is 2. The van der Waals surface area contributed by atoms with Gasteiger partial charge in [0.25, 0.3) is 10.0 Å². The van der Waals surface area contributed by atoms with Gasteiger partial charge in [0.2, 0.25) is 5.13 Å². The number of hydrogen-bond acceptors (Lipinski definition) is 7. The van der Waals surface area contributed by atoms with Gasteiger partial charge in [-0.1, -0.05) is 29.5 Å². The highest BCUT2D eigenvalue weighted by atomic mass is 32.2. The van der Waals surface area contributed by atoms with Crippen molar-refractivity contribution in [1.29, 1.82) is 0 Å². The smallest absolute Gasteiger partial charge is 0.263 e. The van der Waals surface area contributed by atoms with Gasteiger partial charge in [0.1, 0.15) is 22.9 Å². The maximum absolute atomic E-state index is 13.7. The number of nitrogens with zero attached hydrogens (tertiary/aromatic N) is 3. The molecule has 5 rings (SSSR count). The van der Waals surface area contributed by atoms with Crippen molar-refractivity contribution in [2.45, 2.75) is 4.90 Å². The number of methoxy groups -OCH3 is 1. The number of pyridine rings is 1. The normalized spacial score (nSPS) is 11.5. The zero-order chi connectivity index (χ0) is 24.6. The third-order valence-corrected chi connectivity index (χ3v) is 7.37. The number of aromatic nitrogens is 3. The van der Waals surface area contributed by atoms with Gasteiger partial charge in [-0.3, -0.25) is 9.71 Å². The predicted molar refractivity (Wildman–Crippen MR) is 130 cm³/mol. The Morgan fingerprint density at radius 1 is 0.914 bits per heavy atom. The fourth-order valence-electron chi connectivity index (χ4n) is 3.74. The quantitative estimate of drug-likeness (QED) is 0.324. The lowest BCUT2D eigenvalue weighted by Gasteiger charge is -2.14. The second-order valence-corrected chi connectivity index (χ2v) is 9.98. The minimum absolute atomic E-state index is 0.0280. The van der Waals surface area contributed by atoms with Gasteiger partial charge >= 0.3 is 0 Å². The number of ether oxygens (including phenoxy) is 1. The number of fused-ring (bicyclic) bond motifs is 1. The van der Waals surface area contributed by atoms with Crippen molar-refractivity contribution < 1.29 is 21.9 Å². The Bertz CT molecular complexity index is 1640. The molecular formula is C24H16F2N4O3S2. The van der Waals surface area contributed by atoms with Crippen LogP contribution in [0.4, 0.5) is 13.9 Å². The van der Waals surface area contributed by atoms with Gasteiger partial charge in [0.05, 0.1) is 17.5 Å². The number of sulfonamides is 1. The van der Waals surface area contributed by atoms with Crippen LogP contribution in [-0.2, 0) is 10.0 Å². The van der Waals surface area contributed by atoms with Crippen LogP contribution < -0.4 is 9.46 Å². The molecule has 35 heavy (non-hydrogen) atoms. The molecule has 0 spiro atoms. The van der Waals surface area contributed by atoms with E-state index >= 15 is 0 Å². The molecule has 0 aliphatic rings. The molecule has 11 heteroatoms. The molecule has 176 valence electrons. The Balaban J connectivity index is 1.57. The Morgan fingerprint density at radius 2 is 1.71 bits per heavy atom. The third kappa shape index (κ3) is 4.55. The maximum Gasteiger partial charge on any atom is 0.263 e. The van der Waals surface area contributed by atoms with E-state index < -0.39 is 21.7 Å². The van der Waals surface area contributed by atoms with E-state index in [0.717, 1.165) is 23.0 Å². The second kappa shape index (κ2) is 9.01. The lowest BCUT2D eigenvalue weighted by atomic mass is 9.97. The predicted octanol–water partition coefficient (Wildman–Crippen LogP) is 5.51. The zero-order valence-electron chi connectivity index (χ0n) is 18.1. The summed E-state index contributed by atoms with van der Waals surface area (Å²) in [4.78, 5) is 4.36. The van der Waals surface area contributed by atoms with Gasteiger partial charge in [-0.25, -0.2) is 17.2 Å². The summed E-state index contributed by atoms with van der Waals surface area (Å²) in [5.74, 6) is -0.863. The van der Waals surface area contributed by atoms with E-state index in [1.165, 1.54) is 36.9 Å². The van der Waals surface area contributed by atoms with Crippen molar-refractivity contribution >= 4 is 37.4 Å². The van der Waals surface area contributed by atoms with Crippen molar-refractivity contribution in [3.8, 4) is 28.0 Å². The minimum Gasteiger partial charge on any atom is -0.496 e.